The number of nitrogens with zero attached hydrogens (tertiary/aromatic N) is 2. The van der Waals surface area contributed by atoms with Crippen LogP contribution in [0.25, 0.3) is 0 Å². The van der Waals surface area contributed by atoms with E-state index in [2.05, 4.69) is 35.1 Å². The monoisotopic (exact) mass is 259 g/mol. The lowest BCUT2D eigenvalue weighted by molar-refractivity contribution is 0.111. The lowest BCUT2D eigenvalue weighted by Gasteiger charge is -2.40. The van der Waals surface area contributed by atoms with Gasteiger partial charge in [-0.1, -0.05) is 6.92 Å². The number of aromatic nitrogens is 1. The van der Waals surface area contributed by atoms with Gasteiger partial charge in [-0.15, -0.1) is 0 Å². The van der Waals surface area contributed by atoms with Crippen LogP contribution in [-0.2, 0) is 6.54 Å². The Morgan fingerprint density at radius 2 is 2.26 bits per heavy atom. The summed E-state index contributed by atoms with van der Waals surface area (Å²) < 4.78 is 0. The van der Waals surface area contributed by atoms with Crippen LogP contribution in [0.3, 0.4) is 0 Å². The molecular formula is C16H25N3. The fourth-order valence-corrected chi connectivity index (χ4v) is 3.17. The Bertz CT molecular complexity index is 428. The lowest BCUT2D eigenvalue weighted by Crippen LogP contribution is -2.56. The molecule has 0 amide bonds. The molecule has 1 saturated carbocycles. The van der Waals surface area contributed by atoms with Crippen LogP contribution in [0.15, 0.2) is 18.5 Å². The maximum absolute atomic E-state index is 4.29. The quantitative estimate of drug-likeness (QED) is 0.899. The second kappa shape index (κ2) is 5.59. The summed E-state index contributed by atoms with van der Waals surface area (Å²) >= 11 is 0. The molecule has 1 saturated heterocycles. The average Bonchev–Trinajstić information content (AvgIpc) is 3.26. The van der Waals surface area contributed by atoms with Crippen LogP contribution in [0.4, 0.5) is 0 Å². The van der Waals surface area contributed by atoms with Gasteiger partial charge in [0, 0.05) is 44.1 Å². The van der Waals surface area contributed by atoms with Crippen LogP contribution in [0.1, 0.15) is 37.3 Å². The Hall–Kier alpha value is -0.930. The minimum absolute atomic E-state index is 0.676. The molecule has 1 N–H and O–H groups in total. The van der Waals surface area contributed by atoms with Crippen LogP contribution < -0.4 is 5.32 Å². The number of aryl methyl sites for hydroxylation is 1. The first-order valence-corrected chi connectivity index (χ1v) is 7.65. The Morgan fingerprint density at radius 3 is 2.95 bits per heavy atom. The van der Waals surface area contributed by atoms with E-state index in [4.69, 9.17) is 0 Å². The number of hydrogen-bond acceptors (Lipinski definition) is 3. The summed E-state index contributed by atoms with van der Waals surface area (Å²) in [4.78, 5) is 6.96. The second-order valence-corrected chi connectivity index (χ2v) is 6.15. The summed E-state index contributed by atoms with van der Waals surface area (Å²) in [6.07, 6.45) is 8.00. The third-order valence-corrected chi connectivity index (χ3v) is 4.75. The van der Waals surface area contributed by atoms with Crippen LogP contribution in [-0.4, -0.2) is 35.1 Å². The minimum atomic E-state index is 0.676. The van der Waals surface area contributed by atoms with E-state index >= 15 is 0 Å². The first kappa shape index (κ1) is 13.1. The Kier molecular flexibility index (Phi) is 3.85. The van der Waals surface area contributed by atoms with Gasteiger partial charge in [-0.2, -0.15) is 0 Å². The third kappa shape index (κ3) is 2.98. The normalized spacial score (nSPS) is 28.5. The molecule has 3 rings (SSSR count). The van der Waals surface area contributed by atoms with Crippen LogP contribution in [0.5, 0.6) is 0 Å². The maximum atomic E-state index is 4.29. The molecule has 3 nitrogen and oxygen atoms in total. The van der Waals surface area contributed by atoms with Crippen molar-refractivity contribution < 1.29 is 0 Å². The number of hydrogen-bond donors (Lipinski definition) is 1. The first-order chi connectivity index (χ1) is 9.28. The minimum Gasteiger partial charge on any atom is -0.311 e. The molecule has 2 fully saturated rings. The Morgan fingerprint density at radius 1 is 1.42 bits per heavy atom. The van der Waals surface area contributed by atoms with Crippen molar-refractivity contribution in [2.75, 3.05) is 13.1 Å². The van der Waals surface area contributed by atoms with E-state index in [0.29, 0.717) is 6.04 Å². The molecule has 0 aromatic carbocycles. The van der Waals surface area contributed by atoms with Crippen LogP contribution in [0.2, 0.25) is 0 Å². The van der Waals surface area contributed by atoms with Gasteiger partial charge in [0.2, 0.25) is 0 Å². The summed E-state index contributed by atoms with van der Waals surface area (Å²) in [5.74, 6) is 0.940. The van der Waals surface area contributed by atoms with Crippen molar-refractivity contribution in [3.05, 3.63) is 29.6 Å². The highest BCUT2D eigenvalue weighted by atomic mass is 15.2. The van der Waals surface area contributed by atoms with Crippen LogP contribution >= 0.6 is 0 Å². The van der Waals surface area contributed by atoms with Crippen molar-refractivity contribution in [1.29, 1.82) is 0 Å². The summed E-state index contributed by atoms with van der Waals surface area (Å²) in [5.41, 5.74) is 2.75. The standard InChI is InChI=1S/C16H25N3/c1-3-15-9-18-16(13-4-5-13)11-19(15)10-14-8-17-7-6-12(14)2/h6-8,13,15-16,18H,3-5,9-11H2,1-2H3. The molecule has 1 aliphatic carbocycles. The number of pyridine rings is 1. The van der Waals surface area contributed by atoms with Gasteiger partial charge in [-0.3, -0.25) is 9.88 Å². The van der Waals surface area contributed by atoms with E-state index in [0.717, 1.165) is 25.0 Å². The van der Waals surface area contributed by atoms with Gasteiger partial charge in [-0.05, 0) is 49.3 Å². The first-order valence-electron chi connectivity index (χ1n) is 7.65. The van der Waals surface area contributed by atoms with Gasteiger partial charge >= 0.3 is 0 Å². The molecule has 2 heterocycles. The van der Waals surface area contributed by atoms with Gasteiger partial charge in [0.1, 0.15) is 0 Å². The summed E-state index contributed by atoms with van der Waals surface area (Å²) in [7, 11) is 0. The van der Waals surface area contributed by atoms with Gasteiger partial charge < -0.3 is 5.32 Å². The molecule has 2 aliphatic rings. The largest absolute Gasteiger partial charge is 0.311 e. The van der Waals surface area contributed by atoms with Gasteiger partial charge in [0.25, 0.3) is 0 Å². The highest BCUT2D eigenvalue weighted by Gasteiger charge is 2.36. The molecule has 2 unspecified atom stereocenters. The molecular weight excluding hydrogens is 234 g/mol. The van der Waals surface area contributed by atoms with Crippen molar-refractivity contribution in [2.24, 2.45) is 5.92 Å². The zero-order chi connectivity index (χ0) is 13.2. The van der Waals surface area contributed by atoms with Gasteiger partial charge in [0.05, 0.1) is 0 Å². The molecule has 19 heavy (non-hydrogen) atoms. The Labute approximate surface area is 116 Å². The number of piperazine rings is 1. The molecule has 0 spiro atoms. The third-order valence-electron chi connectivity index (χ3n) is 4.75. The van der Waals surface area contributed by atoms with Crippen molar-refractivity contribution in [3.8, 4) is 0 Å². The fraction of sp³-hybridized carbons (Fsp3) is 0.688. The Balaban J connectivity index is 1.70. The highest BCUT2D eigenvalue weighted by Crippen LogP contribution is 2.34. The topological polar surface area (TPSA) is 28.2 Å². The number of nitrogens with one attached hydrogen (secondary N) is 1. The van der Waals surface area contributed by atoms with E-state index in [-0.39, 0.29) is 0 Å². The molecule has 0 radical (unpaired) electrons. The highest BCUT2D eigenvalue weighted by molar-refractivity contribution is 5.21. The van der Waals surface area contributed by atoms with Crippen molar-refractivity contribution in [2.45, 2.75) is 51.7 Å². The van der Waals surface area contributed by atoms with E-state index < -0.39 is 0 Å². The summed E-state index contributed by atoms with van der Waals surface area (Å²) in [5, 5.41) is 3.76. The lowest BCUT2D eigenvalue weighted by atomic mass is 10.0. The zero-order valence-corrected chi connectivity index (χ0v) is 12.1. The summed E-state index contributed by atoms with van der Waals surface area (Å²) in [6.45, 7) is 7.91. The second-order valence-electron chi connectivity index (χ2n) is 6.15. The van der Waals surface area contributed by atoms with E-state index in [9.17, 15) is 0 Å². The van der Waals surface area contributed by atoms with E-state index in [1.165, 1.54) is 36.9 Å². The average molecular weight is 259 g/mol. The smallest absolute Gasteiger partial charge is 0.0315 e. The SMILES string of the molecule is CCC1CNC(C2CC2)CN1Cc1cnccc1C. The van der Waals surface area contributed by atoms with E-state index in [1.54, 1.807) is 0 Å². The van der Waals surface area contributed by atoms with Gasteiger partial charge in [-0.25, -0.2) is 0 Å². The molecule has 3 heteroatoms. The predicted octanol–water partition coefficient (Wildman–Crippen LogP) is 2.35. The van der Waals surface area contributed by atoms with Crippen molar-refractivity contribution in [3.63, 3.8) is 0 Å². The molecule has 0 bridgehead atoms. The molecule has 1 aromatic rings. The molecule has 1 aliphatic heterocycles. The van der Waals surface area contributed by atoms with Crippen molar-refractivity contribution >= 4 is 0 Å². The maximum Gasteiger partial charge on any atom is 0.0315 e. The van der Waals surface area contributed by atoms with Crippen molar-refractivity contribution in [1.82, 2.24) is 15.2 Å². The molecule has 1 aromatic heterocycles. The zero-order valence-electron chi connectivity index (χ0n) is 12.1. The van der Waals surface area contributed by atoms with E-state index in [1.807, 2.05) is 12.4 Å². The predicted molar refractivity (Wildman–Crippen MR) is 78.0 cm³/mol. The fourth-order valence-electron chi connectivity index (χ4n) is 3.17. The summed E-state index contributed by atoms with van der Waals surface area (Å²) in [6, 6.07) is 3.52. The molecule has 2 atom stereocenters. The molecule has 104 valence electrons. The van der Waals surface area contributed by atoms with Gasteiger partial charge in [0.15, 0.2) is 0 Å². The van der Waals surface area contributed by atoms with Crippen LogP contribution in [0, 0.1) is 12.8 Å². The number of rotatable bonds is 4.